The molecule has 0 aliphatic heterocycles. The van der Waals surface area contributed by atoms with Crippen LogP contribution < -0.4 is 11.2 Å². The molecule has 0 saturated carbocycles. The number of carbonyl (C=O) groups is 1. The van der Waals surface area contributed by atoms with Crippen molar-refractivity contribution in [2.24, 2.45) is 14.1 Å². The van der Waals surface area contributed by atoms with Gasteiger partial charge in [-0.1, -0.05) is 33.1 Å². The van der Waals surface area contributed by atoms with Crippen molar-refractivity contribution in [2.75, 3.05) is 0 Å². The van der Waals surface area contributed by atoms with Gasteiger partial charge >= 0.3 is 11.7 Å². The van der Waals surface area contributed by atoms with E-state index >= 15 is 0 Å². The molecule has 0 radical (unpaired) electrons. The number of fused-ring (bicyclic) bond motifs is 1. The van der Waals surface area contributed by atoms with Crippen LogP contribution in [0.3, 0.4) is 0 Å². The lowest BCUT2D eigenvalue weighted by Crippen LogP contribution is -2.37. The summed E-state index contributed by atoms with van der Waals surface area (Å²) in [4.78, 5) is 41.6. The SMILES string of the molecule is CCCC[C@H](Sc1c(CCC)cnc2c1c(=O)n(C)c(=O)n2C)C(=O)O. The maximum atomic E-state index is 12.8. The van der Waals surface area contributed by atoms with Gasteiger partial charge in [-0.2, -0.15) is 0 Å². The second-order valence-electron chi connectivity index (χ2n) is 6.35. The number of pyridine rings is 1. The first kappa shape index (κ1) is 20.2. The summed E-state index contributed by atoms with van der Waals surface area (Å²) >= 11 is 1.20. The highest BCUT2D eigenvalue weighted by molar-refractivity contribution is 8.00. The molecule has 2 heterocycles. The highest BCUT2D eigenvalue weighted by Gasteiger charge is 2.24. The quantitative estimate of drug-likeness (QED) is 0.708. The number of unbranched alkanes of at least 4 members (excludes halogenated alkanes) is 1. The first-order valence-corrected chi connectivity index (χ1v) is 9.68. The minimum Gasteiger partial charge on any atom is -0.480 e. The highest BCUT2D eigenvalue weighted by Crippen LogP contribution is 2.34. The largest absolute Gasteiger partial charge is 0.480 e. The number of carboxylic acids is 1. The Morgan fingerprint density at radius 3 is 2.50 bits per heavy atom. The average Bonchev–Trinajstić information content (AvgIpc) is 2.62. The Labute approximate surface area is 156 Å². The molecule has 1 atom stereocenters. The van der Waals surface area contributed by atoms with E-state index in [9.17, 15) is 19.5 Å². The van der Waals surface area contributed by atoms with Crippen molar-refractivity contribution in [3.8, 4) is 0 Å². The lowest BCUT2D eigenvalue weighted by atomic mass is 10.1. The summed E-state index contributed by atoms with van der Waals surface area (Å²) in [6.45, 7) is 4.03. The summed E-state index contributed by atoms with van der Waals surface area (Å²) in [7, 11) is 2.99. The van der Waals surface area contributed by atoms with Crippen LogP contribution in [0.15, 0.2) is 20.7 Å². The van der Waals surface area contributed by atoms with Gasteiger partial charge in [0.15, 0.2) is 0 Å². The maximum Gasteiger partial charge on any atom is 0.332 e. The molecule has 2 aromatic heterocycles. The van der Waals surface area contributed by atoms with Crippen LogP contribution in [0.25, 0.3) is 11.0 Å². The van der Waals surface area contributed by atoms with E-state index in [-0.39, 0.29) is 0 Å². The fourth-order valence-corrected chi connectivity index (χ4v) is 4.16. The topological polar surface area (TPSA) is 94.2 Å². The van der Waals surface area contributed by atoms with E-state index in [2.05, 4.69) is 4.98 Å². The van der Waals surface area contributed by atoms with Crippen LogP contribution in [0.4, 0.5) is 0 Å². The van der Waals surface area contributed by atoms with Crippen molar-refractivity contribution in [2.45, 2.75) is 56.1 Å². The van der Waals surface area contributed by atoms with Crippen LogP contribution in [0.2, 0.25) is 0 Å². The third kappa shape index (κ3) is 3.85. The lowest BCUT2D eigenvalue weighted by Gasteiger charge is -2.17. The third-order valence-corrected chi connectivity index (χ3v) is 5.79. The van der Waals surface area contributed by atoms with Crippen molar-refractivity contribution < 1.29 is 9.90 Å². The monoisotopic (exact) mass is 379 g/mol. The van der Waals surface area contributed by atoms with Gasteiger partial charge in [0.25, 0.3) is 5.56 Å². The van der Waals surface area contributed by atoms with Gasteiger partial charge in [-0.15, -0.1) is 11.8 Å². The van der Waals surface area contributed by atoms with Gasteiger partial charge in [-0.25, -0.2) is 9.78 Å². The molecule has 0 aliphatic rings. The molecule has 0 spiro atoms. The standard InChI is InChI=1S/C18H25N3O4S/c1-5-7-9-12(17(23)24)26-14-11(8-6-2)10-19-15-13(14)16(22)21(4)18(25)20(15)3/h10,12H,5-9H2,1-4H3,(H,23,24)/t12-/m0/s1. The Hall–Kier alpha value is -2.09. The van der Waals surface area contributed by atoms with Crippen molar-refractivity contribution in [3.05, 3.63) is 32.6 Å². The molecule has 142 valence electrons. The first-order chi connectivity index (χ1) is 12.3. The number of aromatic nitrogens is 3. The fourth-order valence-electron chi connectivity index (χ4n) is 2.89. The number of aryl methyl sites for hydroxylation is 2. The second kappa shape index (κ2) is 8.53. The molecule has 26 heavy (non-hydrogen) atoms. The third-order valence-electron chi connectivity index (χ3n) is 4.37. The van der Waals surface area contributed by atoms with Gasteiger partial charge in [-0.3, -0.25) is 18.7 Å². The van der Waals surface area contributed by atoms with Crippen LogP contribution >= 0.6 is 11.8 Å². The lowest BCUT2D eigenvalue weighted by molar-refractivity contribution is -0.136. The van der Waals surface area contributed by atoms with E-state index in [4.69, 9.17) is 0 Å². The van der Waals surface area contributed by atoms with Gasteiger partial charge in [0.05, 0.1) is 5.39 Å². The zero-order chi connectivity index (χ0) is 19.4. The molecule has 0 bridgehead atoms. The number of thioether (sulfide) groups is 1. The summed E-state index contributed by atoms with van der Waals surface area (Å²) in [5, 5.41) is 9.29. The first-order valence-electron chi connectivity index (χ1n) is 8.80. The molecular weight excluding hydrogens is 354 g/mol. The van der Waals surface area contributed by atoms with Crippen molar-refractivity contribution in [1.29, 1.82) is 0 Å². The second-order valence-corrected chi connectivity index (χ2v) is 7.57. The number of aliphatic carboxylic acids is 1. The Morgan fingerprint density at radius 1 is 1.23 bits per heavy atom. The summed E-state index contributed by atoms with van der Waals surface area (Å²) < 4.78 is 2.38. The van der Waals surface area contributed by atoms with Crippen LogP contribution in [-0.4, -0.2) is 30.4 Å². The predicted molar refractivity (Wildman–Crippen MR) is 103 cm³/mol. The van der Waals surface area contributed by atoms with Crippen LogP contribution in [0.5, 0.6) is 0 Å². The molecule has 0 fully saturated rings. The minimum absolute atomic E-state index is 0.292. The zero-order valence-corrected chi connectivity index (χ0v) is 16.4. The summed E-state index contributed by atoms with van der Waals surface area (Å²) in [5.41, 5.74) is 0.259. The van der Waals surface area contributed by atoms with Gasteiger partial charge in [0.2, 0.25) is 0 Å². The smallest absolute Gasteiger partial charge is 0.332 e. The maximum absolute atomic E-state index is 12.8. The predicted octanol–water partition coefficient (Wildman–Crippen LogP) is 2.32. The molecule has 7 nitrogen and oxygen atoms in total. The fraction of sp³-hybridized carbons (Fsp3) is 0.556. The van der Waals surface area contributed by atoms with E-state index in [1.54, 1.807) is 13.2 Å². The van der Waals surface area contributed by atoms with Crippen molar-refractivity contribution in [3.63, 3.8) is 0 Å². The highest BCUT2D eigenvalue weighted by atomic mass is 32.2. The molecule has 1 N–H and O–H groups in total. The molecule has 0 saturated heterocycles. The Morgan fingerprint density at radius 2 is 1.92 bits per heavy atom. The van der Waals surface area contributed by atoms with Crippen LogP contribution in [0.1, 0.15) is 45.1 Å². The van der Waals surface area contributed by atoms with E-state index in [1.807, 2.05) is 13.8 Å². The van der Waals surface area contributed by atoms with Gasteiger partial charge in [0.1, 0.15) is 10.9 Å². The van der Waals surface area contributed by atoms with Gasteiger partial charge < -0.3 is 5.11 Å². The molecule has 8 heteroatoms. The Kier molecular flexibility index (Phi) is 6.63. The van der Waals surface area contributed by atoms with E-state index in [0.717, 1.165) is 29.4 Å². The molecule has 0 aliphatic carbocycles. The minimum atomic E-state index is -0.891. The van der Waals surface area contributed by atoms with Crippen molar-refractivity contribution in [1.82, 2.24) is 14.1 Å². The Bertz CT molecular complexity index is 933. The Balaban J connectivity index is 2.75. The average molecular weight is 379 g/mol. The number of rotatable bonds is 8. The number of hydrogen-bond donors (Lipinski definition) is 1. The summed E-state index contributed by atoms with van der Waals surface area (Å²) in [5.74, 6) is -0.891. The van der Waals surface area contributed by atoms with E-state index in [1.165, 1.54) is 23.4 Å². The number of carboxylic acid groups (broad SMARTS) is 1. The molecule has 0 aromatic carbocycles. The normalized spacial score (nSPS) is 12.5. The van der Waals surface area contributed by atoms with Gasteiger partial charge in [0, 0.05) is 25.2 Å². The summed E-state index contributed by atoms with van der Waals surface area (Å²) in [6, 6.07) is 0. The van der Waals surface area contributed by atoms with Crippen LogP contribution in [0, 0.1) is 0 Å². The summed E-state index contributed by atoms with van der Waals surface area (Å²) in [6.07, 6.45) is 5.42. The van der Waals surface area contributed by atoms with Crippen LogP contribution in [-0.2, 0) is 25.3 Å². The molecule has 0 unspecified atom stereocenters. The number of hydrogen-bond acceptors (Lipinski definition) is 5. The van der Waals surface area contributed by atoms with E-state index in [0.29, 0.717) is 28.8 Å². The number of nitrogens with zero attached hydrogens (tertiary/aromatic N) is 3. The molecule has 2 rings (SSSR count). The molecule has 0 amide bonds. The zero-order valence-electron chi connectivity index (χ0n) is 15.6. The molecule has 2 aromatic rings. The van der Waals surface area contributed by atoms with Crippen molar-refractivity contribution >= 4 is 28.8 Å². The van der Waals surface area contributed by atoms with Gasteiger partial charge in [-0.05, 0) is 18.4 Å². The molecular formula is C18H25N3O4S. The van der Waals surface area contributed by atoms with E-state index < -0.39 is 22.5 Å².